The predicted octanol–water partition coefficient (Wildman–Crippen LogP) is 1.25. The van der Waals surface area contributed by atoms with E-state index < -0.39 is 15.5 Å². The van der Waals surface area contributed by atoms with E-state index in [0.29, 0.717) is 22.6 Å². The molecule has 0 saturated carbocycles. The molecule has 0 aliphatic carbocycles. The maximum absolute atomic E-state index is 12.7. The molecule has 2 aromatic rings. The van der Waals surface area contributed by atoms with E-state index in [4.69, 9.17) is 0 Å². The van der Waals surface area contributed by atoms with Crippen molar-refractivity contribution >= 4 is 16.0 Å². The Morgan fingerprint density at radius 1 is 1.30 bits per heavy atom. The van der Waals surface area contributed by atoms with Crippen molar-refractivity contribution in [2.45, 2.75) is 30.9 Å². The summed E-state index contributed by atoms with van der Waals surface area (Å²) in [5.74, 6) is 1.14. The molecule has 0 bridgehead atoms. The number of nitrogens with zero attached hydrogens (tertiary/aromatic N) is 5. The largest absolute Gasteiger partial charge is 0.511 e. The molecule has 13 heteroatoms. The molecule has 0 radical (unpaired) electrons. The number of nitrogens with one attached hydrogen (secondary N) is 2. The Bertz CT molecular complexity index is 969. The molecule has 1 fully saturated rings. The highest BCUT2D eigenvalue weighted by molar-refractivity contribution is 7.90. The summed E-state index contributed by atoms with van der Waals surface area (Å²) in [4.78, 5) is 8.39. The lowest BCUT2D eigenvalue weighted by Crippen LogP contribution is -2.51. The van der Waals surface area contributed by atoms with Gasteiger partial charge in [0.25, 0.3) is 0 Å². The molecule has 30 heavy (non-hydrogen) atoms. The maximum Gasteiger partial charge on any atom is 0.511 e. The molecule has 9 nitrogen and oxygen atoms in total. The summed E-state index contributed by atoms with van der Waals surface area (Å²) in [6, 6.07) is 5.32. The molecule has 0 unspecified atom stereocenters. The summed E-state index contributed by atoms with van der Waals surface area (Å²) in [5.41, 5.74) is -4.34. The summed E-state index contributed by atoms with van der Waals surface area (Å²) in [7, 11) is -3.70. The summed E-state index contributed by atoms with van der Waals surface area (Å²) >= 11 is 0. The molecule has 0 spiro atoms. The Labute approximate surface area is 172 Å². The zero-order valence-electron chi connectivity index (χ0n) is 16.2. The maximum atomic E-state index is 12.7. The highest BCUT2D eigenvalue weighted by atomic mass is 32.2. The monoisotopic (exact) mass is 445 g/mol. The molecular weight excluding hydrogens is 423 g/mol. The second-order valence-electron chi connectivity index (χ2n) is 6.67. The third-order valence-electron chi connectivity index (χ3n) is 4.66. The number of hydrogen-bond donors (Lipinski definition) is 2. The predicted molar refractivity (Wildman–Crippen MR) is 104 cm³/mol. The average molecular weight is 445 g/mol. The number of rotatable bonds is 5. The fourth-order valence-corrected chi connectivity index (χ4v) is 4.05. The third-order valence-corrected chi connectivity index (χ3v) is 6.29. The topological polar surface area (TPSA) is 105 Å². The van der Waals surface area contributed by atoms with Gasteiger partial charge in [-0.05, 0) is 36.6 Å². The van der Waals surface area contributed by atoms with Gasteiger partial charge >= 0.3 is 15.5 Å². The van der Waals surface area contributed by atoms with Gasteiger partial charge in [-0.3, -0.25) is 4.99 Å². The Balaban J connectivity index is 1.52. The lowest BCUT2D eigenvalue weighted by Gasteiger charge is -2.32. The molecule has 1 aliphatic rings. The third kappa shape index (κ3) is 5.08. The van der Waals surface area contributed by atoms with Gasteiger partial charge in [-0.15, -0.1) is 0 Å². The van der Waals surface area contributed by atoms with Crippen molar-refractivity contribution in [3.8, 4) is 5.82 Å². The quantitative estimate of drug-likeness (QED) is 0.530. The minimum absolute atomic E-state index is 0.187. The van der Waals surface area contributed by atoms with Crippen LogP contribution >= 0.6 is 0 Å². The van der Waals surface area contributed by atoms with Gasteiger partial charge in [0.1, 0.15) is 0 Å². The highest BCUT2D eigenvalue weighted by Crippen LogP contribution is 2.28. The van der Waals surface area contributed by atoms with Crippen molar-refractivity contribution in [3.63, 3.8) is 0 Å². The van der Waals surface area contributed by atoms with Crippen LogP contribution in [0.2, 0.25) is 0 Å². The fraction of sp³-hybridized carbons (Fsp3) is 0.471. The molecular formula is C17H22F3N7O2S. The minimum atomic E-state index is -5.28. The zero-order chi connectivity index (χ0) is 21.8. The Kier molecular flexibility index (Phi) is 6.61. The summed E-state index contributed by atoms with van der Waals surface area (Å²) in [5, 5.41) is 10.4. The number of pyridine rings is 1. The Morgan fingerprint density at radius 2 is 2.03 bits per heavy atom. The van der Waals surface area contributed by atoms with Gasteiger partial charge in [0.15, 0.2) is 11.8 Å². The van der Waals surface area contributed by atoms with Crippen LogP contribution in [-0.2, 0) is 16.6 Å². The van der Waals surface area contributed by atoms with Crippen molar-refractivity contribution in [1.82, 2.24) is 29.7 Å². The molecule has 3 rings (SSSR count). The van der Waals surface area contributed by atoms with Crippen LogP contribution in [0, 0.1) is 0 Å². The lowest BCUT2D eigenvalue weighted by molar-refractivity contribution is -0.0494. The van der Waals surface area contributed by atoms with Crippen LogP contribution in [0.3, 0.4) is 0 Å². The van der Waals surface area contributed by atoms with Gasteiger partial charge in [-0.1, -0.05) is 0 Å². The molecule has 3 heterocycles. The van der Waals surface area contributed by atoms with Crippen LogP contribution in [0.15, 0.2) is 41.8 Å². The van der Waals surface area contributed by atoms with Crippen LogP contribution in [0.4, 0.5) is 13.2 Å². The van der Waals surface area contributed by atoms with Crippen molar-refractivity contribution in [2.75, 3.05) is 20.1 Å². The van der Waals surface area contributed by atoms with Crippen LogP contribution in [0.1, 0.15) is 18.4 Å². The minimum Gasteiger partial charge on any atom is -0.354 e. The van der Waals surface area contributed by atoms with Gasteiger partial charge in [-0.25, -0.2) is 18.1 Å². The standard InChI is InChI=1S/C17H22F3N7O2S/c1-21-16(23-12-13-3-7-22-15(11-13)27-8-2-6-24-27)25-14-4-9-26(10-5-14)30(28,29)17(18,19)20/h2-3,6-8,11,14H,4-5,9-10,12H2,1H3,(H2,21,23,25). The molecule has 0 atom stereocenters. The number of guanidine groups is 1. The van der Waals surface area contributed by atoms with E-state index in [1.54, 1.807) is 36.4 Å². The molecule has 1 aliphatic heterocycles. The van der Waals surface area contributed by atoms with Crippen LogP contribution in [0.25, 0.3) is 5.82 Å². The number of aliphatic imine (C=N–C) groups is 1. The van der Waals surface area contributed by atoms with E-state index in [2.05, 4.69) is 25.7 Å². The van der Waals surface area contributed by atoms with E-state index in [9.17, 15) is 21.6 Å². The lowest BCUT2D eigenvalue weighted by atomic mass is 10.1. The first-order valence-electron chi connectivity index (χ1n) is 9.19. The molecule has 1 saturated heterocycles. The van der Waals surface area contributed by atoms with Crippen molar-refractivity contribution in [2.24, 2.45) is 4.99 Å². The van der Waals surface area contributed by atoms with Crippen LogP contribution < -0.4 is 10.6 Å². The molecule has 0 aromatic carbocycles. The van der Waals surface area contributed by atoms with Crippen molar-refractivity contribution in [1.29, 1.82) is 0 Å². The first-order valence-corrected chi connectivity index (χ1v) is 10.6. The van der Waals surface area contributed by atoms with Crippen molar-refractivity contribution < 1.29 is 21.6 Å². The van der Waals surface area contributed by atoms with Gasteiger partial charge in [-0.2, -0.15) is 22.6 Å². The highest BCUT2D eigenvalue weighted by Gasteiger charge is 2.50. The SMILES string of the molecule is CN=C(NCc1ccnc(-n2cccn2)c1)NC1CCN(S(=O)(=O)C(F)(F)F)CC1. The summed E-state index contributed by atoms with van der Waals surface area (Å²) in [6.45, 7) is 0.0416. The average Bonchev–Trinajstić information content (AvgIpc) is 3.26. The first kappa shape index (κ1) is 22.0. The number of sulfonamides is 1. The summed E-state index contributed by atoms with van der Waals surface area (Å²) in [6.07, 6.45) is 5.60. The summed E-state index contributed by atoms with van der Waals surface area (Å²) < 4.78 is 63.1. The van der Waals surface area contributed by atoms with Crippen LogP contribution in [-0.4, -0.2) is 65.1 Å². The van der Waals surface area contributed by atoms with E-state index in [1.807, 2.05) is 12.1 Å². The number of piperidine rings is 1. The molecule has 0 amide bonds. The number of halogens is 3. The van der Waals surface area contributed by atoms with Crippen LogP contribution in [0.5, 0.6) is 0 Å². The number of aromatic nitrogens is 3. The smallest absolute Gasteiger partial charge is 0.354 e. The molecule has 2 aromatic heterocycles. The van der Waals surface area contributed by atoms with E-state index in [1.165, 1.54) is 0 Å². The van der Waals surface area contributed by atoms with Gasteiger partial charge in [0.2, 0.25) is 0 Å². The second kappa shape index (κ2) is 9.00. The first-order chi connectivity index (χ1) is 14.2. The van der Waals surface area contributed by atoms with E-state index >= 15 is 0 Å². The van der Waals surface area contributed by atoms with Gasteiger partial charge in [0.05, 0.1) is 0 Å². The number of alkyl halides is 3. The van der Waals surface area contributed by atoms with Gasteiger partial charge < -0.3 is 10.6 Å². The number of hydrogen-bond acceptors (Lipinski definition) is 5. The fourth-order valence-electron chi connectivity index (χ4n) is 3.06. The van der Waals surface area contributed by atoms with Gasteiger partial charge in [0, 0.05) is 51.3 Å². The zero-order valence-corrected chi connectivity index (χ0v) is 17.0. The normalized spacial score (nSPS) is 17.1. The molecule has 164 valence electrons. The Morgan fingerprint density at radius 3 is 2.63 bits per heavy atom. The molecule has 2 N–H and O–H groups in total. The van der Waals surface area contributed by atoms with Crippen molar-refractivity contribution in [3.05, 3.63) is 42.4 Å². The Hall–Kier alpha value is -2.67. The van der Waals surface area contributed by atoms with E-state index in [0.717, 1.165) is 5.56 Å². The second-order valence-corrected chi connectivity index (χ2v) is 8.60. The van der Waals surface area contributed by atoms with E-state index in [-0.39, 0.29) is 32.0 Å².